The van der Waals surface area contributed by atoms with Gasteiger partial charge < -0.3 is 14.0 Å². The predicted octanol–water partition coefficient (Wildman–Crippen LogP) is 3.60. The molecule has 0 bridgehead atoms. The summed E-state index contributed by atoms with van der Waals surface area (Å²) in [5.41, 5.74) is 2.36. The van der Waals surface area contributed by atoms with Gasteiger partial charge in [0.25, 0.3) is 0 Å². The van der Waals surface area contributed by atoms with E-state index in [1.165, 1.54) is 12.8 Å². The SMILES string of the molecule is COCCC1(Cn2c(CCl)nc3c(OC)cccc32)CC1. The van der Waals surface area contributed by atoms with Gasteiger partial charge in [0.05, 0.1) is 18.5 Å². The first-order valence-electron chi connectivity index (χ1n) is 7.30. The van der Waals surface area contributed by atoms with Crippen LogP contribution in [0.3, 0.4) is 0 Å². The average Bonchev–Trinajstić information content (AvgIpc) is 3.19. The van der Waals surface area contributed by atoms with E-state index in [0.29, 0.717) is 11.3 Å². The second-order valence-electron chi connectivity index (χ2n) is 5.82. The van der Waals surface area contributed by atoms with Gasteiger partial charge in [-0.3, -0.25) is 0 Å². The maximum Gasteiger partial charge on any atom is 0.146 e. The lowest BCUT2D eigenvalue weighted by molar-refractivity contribution is 0.167. The Morgan fingerprint density at radius 2 is 2.14 bits per heavy atom. The van der Waals surface area contributed by atoms with Crippen LogP contribution in [0.4, 0.5) is 0 Å². The Bertz CT molecular complexity index is 634. The highest BCUT2D eigenvalue weighted by molar-refractivity contribution is 6.16. The number of hydrogen-bond acceptors (Lipinski definition) is 3. The Kier molecular flexibility index (Phi) is 4.09. The van der Waals surface area contributed by atoms with Gasteiger partial charge in [0.1, 0.15) is 17.1 Å². The van der Waals surface area contributed by atoms with Crippen LogP contribution in [0, 0.1) is 5.41 Å². The third kappa shape index (κ3) is 2.74. The van der Waals surface area contributed by atoms with Crippen LogP contribution >= 0.6 is 11.6 Å². The van der Waals surface area contributed by atoms with Gasteiger partial charge >= 0.3 is 0 Å². The first-order valence-corrected chi connectivity index (χ1v) is 7.83. The van der Waals surface area contributed by atoms with E-state index in [1.807, 2.05) is 12.1 Å². The Balaban J connectivity index is 1.97. The molecule has 1 saturated carbocycles. The van der Waals surface area contributed by atoms with E-state index in [-0.39, 0.29) is 0 Å². The van der Waals surface area contributed by atoms with Gasteiger partial charge in [-0.15, -0.1) is 11.6 Å². The van der Waals surface area contributed by atoms with E-state index < -0.39 is 0 Å². The summed E-state index contributed by atoms with van der Waals surface area (Å²) in [6.07, 6.45) is 3.60. The summed E-state index contributed by atoms with van der Waals surface area (Å²) in [6, 6.07) is 6.04. The molecule has 5 heteroatoms. The number of alkyl halides is 1. The van der Waals surface area contributed by atoms with Crippen LogP contribution in [0.1, 0.15) is 25.1 Å². The van der Waals surface area contributed by atoms with E-state index in [1.54, 1.807) is 14.2 Å². The highest BCUT2D eigenvalue weighted by atomic mass is 35.5. The molecule has 0 atom stereocenters. The zero-order chi connectivity index (χ0) is 14.9. The van der Waals surface area contributed by atoms with Crippen molar-refractivity contribution in [2.75, 3.05) is 20.8 Å². The predicted molar refractivity (Wildman–Crippen MR) is 84.0 cm³/mol. The lowest BCUT2D eigenvalue weighted by Crippen LogP contribution is -2.15. The number of fused-ring (bicyclic) bond motifs is 1. The second kappa shape index (κ2) is 5.85. The summed E-state index contributed by atoms with van der Waals surface area (Å²) in [4.78, 5) is 4.67. The number of methoxy groups -OCH3 is 2. The monoisotopic (exact) mass is 308 g/mol. The number of benzene rings is 1. The Hall–Kier alpha value is -1.26. The molecule has 3 rings (SSSR count). The number of ether oxygens (including phenoxy) is 2. The Morgan fingerprint density at radius 3 is 2.76 bits per heavy atom. The summed E-state index contributed by atoms with van der Waals surface area (Å²) in [6.45, 7) is 1.77. The van der Waals surface area contributed by atoms with Crippen molar-refractivity contribution >= 4 is 22.6 Å². The molecule has 1 aliphatic rings. The molecular formula is C16H21ClN2O2. The quantitative estimate of drug-likeness (QED) is 0.733. The summed E-state index contributed by atoms with van der Waals surface area (Å²) >= 11 is 6.10. The minimum absolute atomic E-state index is 0.355. The molecule has 4 nitrogen and oxygen atoms in total. The molecule has 2 aromatic rings. The van der Waals surface area contributed by atoms with Gasteiger partial charge in [-0.2, -0.15) is 0 Å². The van der Waals surface area contributed by atoms with Crippen molar-refractivity contribution in [2.45, 2.75) is 31.7 Å². The normalized spacial score (nSPS) is 16.3. The third-order valence-electron chi connectivity index (χ3n) is 4.45. The molecule has 114 valence electrons. The standard InChI is InChI=1S/C16H21ClN2O2/c1-20-9-8-16(6-7-16)11-19-12-4-3-5-13(21-2)15(12)18-14(19)10-17/h3-5H,6-11H2,1-2H3. The van der Waals surface area contributed by atoms with E-state index in [9.17, 15) is 0 Å². The number of para-hydroxylation sites is 1. The second-order valence-corrected chi connectivity index (χ2v) is 6.09. The van der Waals surface area contributed by atoms with E-state index in [4.69, 9.17) is 21.1 Å². The number of nitrogens with zero attached hydrogens (tertiary/aromatic N) is 2. The molecule has 0 spiro atoms. The van der Waals surface area contributed by atoms with Gasteiger partial charge in [0, 0.05) is 20.3 Å². The van der Waals surface area contributed by atoms with Crippen molar-refractivity contribution < 1.29 is 9.47 Å². The van der Waals surface area contributed by atoms with Crippen LogP contribution in [-0.4, -0.2) is 30.4 Å². The molecule has 21 heavy (non-hydrogen) atoms. The van der Waals surface area contributed by atoms with E-state index in [0.717, 1.165) is 42.2 Å². The number of aromatic nitrogens is 2. The lowest BCUT2D eigenvalue weighted by Gasteiger charge is -2.17. The van der Waals surface area contributed by atoms with Crippen LogP contribution in [0.25, 0.3) is 11.0 Å². The summed E-state index contributed by atoms with van der Waals surface area (Å²) < 4.78 is 12.9. The molecule has 0 amide bonds. The topological polar surface area (TPSA) is 36.3 Å². The molecule has 1 aromatic carbocycles. The highest BCUT2D eigenvalue weighted by Gasteiger charge is 2.43. The average molecular weight is 309 g/mol. The zero-order valence-corrected chi connectivity index (χ0v) is 13.3. The van der Waals surface area contributed by atoms with Crippen molar-refractivity contribution in [3.63, 3.8) is 0 Å². The van der Waals surface area contributed by atoms with Crippen LogP contribution in [0.5, 0.6) is 5.75 Å². The van der Waals surface area contributed by atoms with Crippen molar-refractivity contribution in [1.29, 1.82) is 0 Å². The molecule has 0 saturated heterocycles. The maximum absolute atomic E-state index is 6.10. The zero-order valence-electron chi connectivity index (χ0n) is 12.6. The Morgan fingerprint density at radius 1 is 1.33 bits per heavy atom. The molecular weight excluding hydrogens is 288 g/mol. The molecule has 1 heterocycles. The number of imidazole rings is 1. The molecule has 0 aliphatic heterocycles. The fourth-order valence-electron chi connectivity index (χ4n) is 2.93. The molecule has 1 aliphatic carbocycles. The van der Waals surface area contributed by atoms with Crippen molar-refractivity contribution in [3.05, 3.63) is 24.0 Å². The third-order valence-corrected chi connectivity index (χ3v) is 4.69. The van der Waals surface area contributed by atoms with Crippen molar-refractivity contribution in [1.82, 2.24) is 9.55 Å². The molecule has 0 unspecified atom stereocenters. The smallest absolute Gasteiger partial charge is 0.146 e. The first kappa shape index (κ1) is 14.7. The fourth-order valence-corrected chi connectivity index (χ4v) is 3.13. The molecule has 1 aromatic heterocycles. The van der Waals surface area contributed by atoms with Gasteiger partial charge in [0.15, 0.2) is 0 Å². The van der Waals surface area contributed by atoms with Crippen LogP contribution in [-0.2, 0) is 17.2 Å². The summed E-state index contributed by atoms with van der Waals surface area (Å²) in [5, 5.41) is 0. The van der Waals surface area contributed by atoms with E-state index in [2.05, 4.69) is 15.6 Å². The van der Waals surface area contributed by atoms with Crippen molar-refractivity contribution in [3.8, 4) is 5.75 Å². The maximum atomic E-state index is 6.10. The van der Waals surface area contributed by atoms with Gasteiger partial charge in [-0.1, -0.05) is 6.07 Å². The van der Waals surface area contributed by atoms with Crippen LogP contribution in [0.2, 0.25) is 0 Å². The minimum Gasteiger partial charge on any atom is -0.494 e. The lowest BCUT2D eigenvalue weighted by atomic mass is 10.0. The van der Waals surface area contributed by atoms with Gasteiger partial charge in [-0.25, -0.2) is 4.98 Å². The number of rotatable bonds is 7. The van der Waals surface area contributed by atoms with E-state index >= 15 is 0 Å². The highest BCUT2D eigenvalue weighted by Crippen LogP contribution is 2.51. The van der Waals surface area contributed by atoms with Crippen LogP contribution in [0.15, 0.2) is 18.2 Å². The first-order chi connectivity index (χ1) is 10.2. The molecule has 0 N–H and O–H groups in total. The Labute approximate surface area is 130 Å². The molecule has 0 radical (unpaired) electrons. The van der Waals surface area contributed by atoms with Crippen molar-refractivity contribution in [2.24, 2.45) is 5.41 Å². The van der Waals surface area contributed by atoms with Gasteiger partial charge in [0.2, 0.25) is 0 Å². The molecule has 1 fully saturated rings. The summed E-state index contributed by atoms with van der Waals surface area (Å²) in [7, 11) is 3.44. The largest absolute Gasteiger partial charge is 0.494 e. The fraction of sp³-hybridized carbons (Fsp3) is 0.562. The number of hydrogen-bond donors (Lipinski definition) is 0. The van der Waals surface area contributed by atoms with Crippen LogP contribution < -0.4 is 4.74 Å². The number of halogens is 1. The summed E-state index contributed by atoms with van der Waals surface area (Å²) in [5.74, 6) is 2.14. The van der Waals surface area contributed by atoms with Gasteiger partial charge in [-0.05, 0) is 36.8 Å². The minimum atomic E-state index is 0.355.